The third kappa shape index (κ3) is 4.30. The van der Waals surface area contributed by atoms with Crippen molar-refractivity contribution >= 4 is 5.82 Å². The average Bonchev–Trinajstić information content (AvgIpc) is 2.56. The third-order valence-electron chi connectivity index (χ3n) is 4.64. The van der Waals surface area contributed by atoms with Crippen LogP contribution in [-0.4, -0.2) is 57.6 Å². The van der Waals surface area contributed by atoms with Crippen LogP contribution in [0.2, 0.25) is 0 Å². The molecule has 2 atom stereocenters. The molecule has 1 aromatic carbocycles. The maximum absolute atomic E-state index is 12.9. The smallest absolute Gasteiger partial charge is 0.419 e. The van der Waals surface area contributed by atoms with E-state index in [9.17, 15) is 23.4 Å². The number of likely N-dealkylation sites (tertiary alicyclic amines) is 1. The Morgan fingerprint density at radius 1 is 1.15 bits per heavy atom. The summed E-state index contributed by atoms with van der Waals surface area (Å²) in [6.45, 7) is 2.79. The SMILES string of the molecule is Cc1c(-c2ccc(N[C@@H]3C[C@@H](O)CN(C)C3)nn2)ccc(C(F)(F)F)c1O. The van der Waals surface area contributed by atoms with E-state index in [4.69, 9.17) is 0 Å². The fraction of sp³-hybridized carbons (Fsp3) is 0.444. The van der Waals surface area contributed by atoms with E-state index in [1.165, 1.54) is 13.0 Å². The normalized spacial score (nSPS) is 21.3. The first-order valence-corrected chi connectivity index (χ1v) is 8.52. The number of nitrogens with one attached hydrogen (secondary N) is 1. The van der Waals surface area contributed by atoms with Gasteiger partial charge in [0.25, 0.3) is 0 Å². The Hall–Kier alpha value is -2.39. The van der Waals surface area contributed by atoms with Crippen LogP contribution in [0, 0.1) is 6.92 Å². The number of alkyl halides is 3. The van der Waals surface area contributed by atoms with Crippen LogP contribution in [0.1, 0.15) is 17.5 Å². The number of benzene rings is 1. The topological polar surface area (TPSA) is 81.5 Å². The van der Waals surface area contributed by atoms with Crippen molar-refractivity contribution in [1.82, 2.24) is 15.1 Å². The lowest BCUT2D eigenvalue weighted by molar-refractivity contribution is -0.138. The molecule has 3 rings (SSSR count). The van der Waals surface area contributed by atoms with E-state index in [2.05, 4.69) is 15.5 Å². The van der Waals surface area contributed by atoms with Gasteiger partial charge in [-0.3, -0.25) is 0 Å². The lowest BCUT2D eigenvalue weighted by atomic mass is 10.0. The summed E-state index contributed by atoms with van der Waals surface area (Å²) in [5, 5.41) is 31.1. The molecule has 146 valence electrons. The van der Waals surface area contributed by atoms with Gasteiger partial charge in [0, 0.05) is 30.3 Å². The second-order valence-electron chi connectivity index (χ2n) is 6.89. The summed E-state index contributed by atoms with van der Waals surface area (Å²) in [5.41, 5.74) is -0.234. The number of hydrogen-bond donors (Lipinski definition) is 3. The van der Waals surface area contributed by atoms with E-state index in [0.717, 1.165) is 12.6 Å². The molecule has 1 aromatic heterocycles. The van der Waals surface area contributed by atoms with Crippen molar-refractivity contribution in [3.63, 3.8) is 0 Å². The molecule has 2 heterocycles. The first kappa shape index (κ1) is 19.4. The number of piperidine rings is 1. The standard InChI is InChI=1S/C18H21F3N4O2/c1-10-13(3-4-14(17(10)27)18(19,20)21)15-5-6-16(24-23-15)22-11-7-12(26)9-25(2)8-11/h3-6,11-12,26-27H,7-9H2,1-2H3,(H,22,24)/t11-,12-/m1/s1. The maximum Gasteiger partial charge on any atom is 0.419 e. The van der Waals surface area contributed by atoms with Crippen LogP contribution in [0.15, 0.2) is 24.3 Å². The highest BCUT2D eigenvalue weighted by atomic mass is 19.4. The van der Waals surface area contributed by atoms with Crippen LogP contribution in [0.5, 0.6) is 5.75 Å². The van der Waals surface area contributed by atoms with E-state index in [0.29, 0.717) is 30.0 Å². The minimum Gasteiger partial charge on any atom is -0.507 e. The largest absolute Gasteiger partial charge is 0.507 e. The molecule has 0 spiro atoms. The van der Waals surface area contributed by atoms with Crippen LogP contribution in [0.3, 0.4) is 0 Å². The van der Waals surface area contributed by atoms with Gasteiger partial charge in [0.05, 0.1) is 17.4 Å². The zero-order valence-electron chi connectivity index (χ0n) is 15.0. The van der Waals surface area contributed by atoms with Crippen molar-refractivity contribution in [2.24, 2.45) is 0 Å². The number of β-amino-alcohol motifs (C(OH)–C–C–N with tert-alkyl or cyclic N) is 1. The Balaban J connectivity index is 1.79. The van der Waals surface area contributed by atoms with Gasteiger partial charge in [0.2, 0.25) is 0 Å². The van der Waals surface area contributed by atoms with Gasteiger partial charge in [-0.25, -0.2) is 0 Å². The second-order valence-corrected chi connectivity index (χ2v) is 6.89. The zero-order chi connectivity index (χ0) is 19.8. The maximum atomic E-state index is 12.9. The first-order valence-electron chi connectivity index (χ1n) is 8.52. The van der Waals surface area contributed by atoms with Crippen LogP contribution < -0.4 is 5.32 Å². The van der Waals surface area contributed by atoms with Crippen molar-refractivity contribution in [2.75, 3.05) is 25.5 Å². The molecular formula is C18H21F3N4O2. The summed E-state index contributed by atoms with van der Waals surface area (Å²) in [4.78, 5) is 2.02. The molecule has 1 aliphatic rings. The van der Waals surface area contributed by atoms with E-state index >= 15 is 0 Å². The molecule has 0 radical (unpaired) electrons. The molecule has 3 N–H and O–H groups in total. The lowest BCUT2D eigenvalue weighted by Crippen LogP contribution is -2.46. The Morgan fingerprint density at radius 3 is 2.48 bits per heavy atom. The van der Waals surface area contributed by atoms with Gasteiger partial charge < -0.3 is 20.4 Å². The summed E-state index contributed by atoms with van der Waals surface area (Å²) < 4.78 is 38.6. The number of aromatic hydroxyl groups is 1. The molecule has 0 aliphatic carbocycles. The van der Waals surface area contributed by atoms with Gasteiger partial charge >= 0.3 is 6.18 Å². The lowest BCUT2D eigenvalue weighted by Gasteiger charge is -2.33. The molecule has 2 aromatic rings. The van der Waals surface area contributed by atoms with Crippen molar-refractivity contribution in [1.29, 1.82) is 0 Å². The van der Waals surface area contributed by atoms with Crippen molar-refractivity contribution in [3.8, 4) is 17.0 Å². The molecule has 1 fully saturated rings. The number of aliphatic hydroxyl groups is 1. The van der Waals surface area contributed by atoms with Gasteiger partial charge in [-0.15, -0.1) is 10.2 Å². The van der Waals surface area contributed by atoms with E-state index in [1.54, 1.807) is 12.1 Å². The number of rotatable bonds is 3. The summed E-state index contributed by atoms with van der Waals surface area (Å²) in [5.74, 6) is -0.289. The molecule has 0 saturated carbocycles. The quantitative estimate of drug-likeness (QED) is 0.757. The van der Waals surface area contributed by atoms with Crippen LogP contribution >= 0.6 is 0 Å². The van der Waals surface area contributed by atoms with E-state index in [1.807, 2.05) is 11.9 Å². The Morgan fingerprint density at radius 2 is 1.89 bits per heavy atom. The highest BCUT2D eigenvalue weighted by Crippen LogP contribution is 2.40. The fourth-order valence-electron chi connectivity index (χ4n) is 3.36. The van der Waals surface area contributed by atoms with E-state index in [-0.39, 0.29) is 11.6 Å². The Kier molecular flexibility index (Phi) is 5.25. The van der Waals surface area contributed by atoms with Crippen molar-refractivity contribution in [2.45, 2.75) is 31.7 Å². The molecule has 1 saturated heterocycles. The summed E-state index contributed by atoms with van der Waals surface area (Å²) in [6, 6.07) is 5.45. The minimum absolute atomic E-state index is 0.0238. The summed E-state index contributed by atoms with van der Waals surface area (Å²) in [7, 11) is 1.92. The van der Waals surface area contributed by atoms with Gasteiger partial charge in [-0.05, 0) is 38.6 Å². The monoisotopic (exact) mass is 382 g/mol. The summed E-state index contributed by atoms with van der Waals surface area (Å²) >= 11 is 0. The van der Waals surface area contributed by atoms with Crippen LogP contribution in [-0.2, 0) is 6.18 Å². The molecular weight excluding hydrogens is 361 g/mol. The molecule has 1 aliphatic heterocycles. The molecule has 0 unspecified atom stereocenters. The molecule has 27 heavy (non-hydrogen) atoms. The number of aliphatic hydroxyl groups excluding tert-OH is 1. The first-order chi connectivity index (χ1) is 12.6. The number of phenolic OH excluding ortho intramolecular Hbond substituents is 1. The van der Waals surface area contributed by atoms with Gasteiger partial charge in [0.1, 0.15) is 11.6 Å². The van der Waals surface area contributed by atoms with Gasteiger partial charge in [-0.2, -0.15) is 13.2 Å². The number of phenols is 1. The average molecular weight is 382 g/mol. The zero-order valence-corrected chi connectivity index (χ0v) is 15.0. The van der Waals surface area contributed by atoms with Gasteiger partial charge in [-0.1, -0.05) is 6.07 Å². The predicted octanol–water partition coefficient (Wildman–Crippen LogP) is 2.65. The minimum atomic E-state index is -4.62. The third-order valence-corrected chi connectivity index (χ3v) is 4.64. The number of likely N-dealkylation sites (N-methyl/N-ethyl adjacent to an activating group) is 1. The van der Waals surface area contributed by atoms with Crippen LogP contribution in [0.25, 0.3) is 11.3 Å². The molecule has 6 nitrogen and oxygen atoms in total. The number of aromatic nitrogens is 2. The Labute approximate surface area is 154 Å². The van der Waals surface area contributed by atoms with Crippen molar-refractivity contribution in [3.05, 3.63) is 35.4 Å². The molecule has 0 amide bonds. The number of hydrogen-bond acceptors (Lipinski definition) is 6. The van der Waals surface area contributed by atoms with E-state index < -0.39 is 23.6 Å². The second kappa shape index (κ2) is 7.32. The fourth-order valence-corrected chi connectivity index (χ4v) is 3.36. The summed E-state index contributed by atoms with van der Waals surface area (Å²) in [6.07, 6.45) is -4.43. The number of nitrogens with zero attached hydrogens (tertiary/aromatic N) is 3. The molecule has 0 bridgehead atoms. The number of anilines is 1. The number of halogens is 3. The molecule has 9 heteroatoms. The highest BCUT2D eigenvalue weighted by molar-refractivity contribution is 5.68. The predicted molar refractivity (Wildman–Crippen MR) is 94.4 cm³/mol. The van der Waals surface area contributed by atoms with Gasteiger partial charge in [0.15, 0.2) is 0 Å². The highest BCUT2D eigenvalue weighted by Gasteiger charge is 2.35. The Bertz CT molecular complexity index is 801. The van der Waals surface area contributed by atoms with Crippen molar-refractivity contribution < 1.29 is 23.4 Å². The van der Waals surface area contributed by atoms with Crippen LogP contribution in [0.4, 0.5) is 19.0 Å².